The second-order valence-corrected chi connectivity index (χ2v) is 18.7. The molecule has 0 aromatic rings. The molecule has 4 saturated carbocycles. The summed E-state index contributed by atoms with van der Waals surface area (Å²) in [6, 6.07) is 0. The first-order chi connectivity index (χ1) is 20.3. The van der Waals surface area contributed by atoms with E-state index in [2.05, 4.69) is 34.6 Å². The van der Waals surface area contributed by atoms with E-state index in [1.807, 2.05) is 13.0 Å². The van der Waals surface area contributed by atoms with Crippen molar-refractivity contribution in [3.05, 3.63) is 22.6 Å². The fourth-order valence-corrected chi connectivity index (χ4v) is 12.6. The van der Waals surface area contributed by atoms with Gasteiger partial charge < -0.3 is 9.84 Å². The molecule has 0 bridgehead atoms. The molecular weight excluding hydrogens is 576 g/mol. The van der Waals surface area contributed by atoms with Gasteiger partial charge in [-0.15, -0.1) is 0 Å². The number of esters is 1. The number of carbonyl (C=O) groups excluding carboxylic acids is 3. The van der Waals surface area contributed by atoms with Gasteiger partial charge in [0.1, 0.15) is 0 Å². The number of hydrogen-bond donors (Lipinski definition) is 1. The second-order valence-electron chi connectivity index (χ2n) is 16.8. The maximum absolute atomic E-state index is 14.6. The number of allylic oxidation sites excluding steroid dienone is 3. The first-order valence-electron chi connectivity index (χ1n) is 16.7. The number of aliphatic hydroxyl groups excluding tert-OH is 1. The van der Waals surface area contributed by atoms with Crippen LogP contribution < -0.4 is 0 Å². The van der Waals surface area contributed by atoms with Crippen molar-refractivity contribution in [2.75, 3.05) is 19.5 Å². The summed E-state index contributed by atoms with van der Waals surface area (Å²) in [5.74, 6) is -1.14. The van der Waals surface area contributed by atoms with E-state index in [1.165, 1.54) is 12.5 Å². The molecule has 5 rings (SSSR count). The number of ketones is 2. The number of hydrogen-bond acceptors (Lipinski definition) is 7. The third-order valence-corrected chi connectivity index (χ3v) is 15.3. The Kier molecular flexibility index (Phi) is 8.10. The first kappa shape index (κ1) is 33.6. The molecule has 8 atom stereocenters. The summed E-state index contributed by atoms with van der Waals surface area (Å²) in [5.41, 5.74) is -2.08. The van der Waals surface area contributed by atoms with Gasteiger partial charge in [0, 0.05) is 16.9 Å². The van der Waals surface area contributed by atoms with Crippen molar-refractivity contribution < 1.29 is 32.6 Å². The van der Waals surface area contributed by atoms with Crippen LogP contribution in [0.15, 0.2) is 22.6 Å². The average Bonchev–Trinajstić information content (AvgIpc) is 2.95. The van der Waals surface area contributed by atoms with E-state index in [0.29, 0.717) is 25.7 Å². The SMILES string of the molecule is CCCCS(=O)(=O)/C=C1\C[C@]2(C)C3=CC(=O)[C@@H]4[C@@H]5CC(C)(C)CC[C@]5(C(=O)OC)CC[C@@]4(C)[C@]3(C)CC[C@H]2[C@@](C)(CO)C1=O. The molecule has 8 heteroatoms. The smallest absolute Gasteiger partial charge is 0.312 e. The number of aliphatic hydroxyl groups is 1. The maximum Gasteiger partial charge on any atom is 0.312 e. The van der Waals surface area contributed by atoms with Gasteiger partial charge in [-0.25, -0.2) is 8.42 Å². The Labute approximate surface area is 264 Å². The first-order valence-corrected chi connectivity index (χ1v) is 18.5. The summed E-state index contributed by atoms with van der Waals surface area (Å²) in [6.45, 7) is 14.4. The zero-order valence-electron chi connectivity index (χ0n) is 28.2. The molecule has 0 aromatic heterocycles. The van der Waals surface area contributed by atoms with Crippen molar-refractivity contribution in [3.8, 4) is 0 Å². The third-order valence-electron chi connectivity index (χ3n) is 13.8. The van der Waals surface area contributed by atoms with Crippen LogP contribution in [0.5, 0.6) is 0 Å². The lowest BCUT2D eigenvalue weighted by molar-refractivity contribution is -0.192. The standard InChI is InChI=1S/C36H54O7S/c1-9-10-17-44(41,42)21-23-19-32(4)26(33(5,22-37)29(23)39)11-12-34(6)27(32)18-25(38)28-24-20-31(2,3)13-15-36(24,30(40)43-8)16-14-35(28,34)7/h18,21,24,26,28,37H,9-17,19-20,22H2,1-8H3/b23-21+/t24-,26+,28-,32-,33+,34+,35+,36-/m0/s1. The molecule has 0 radical (unpaired) electrons. The van der Waals surface area contributed by atoms with E-state index < -0.39 is 36.9 Å². The summed E-state index contributed by atoms with van der Waals surface area (Å²) in [6.07, 6.45) is 8.58. The Morgan fingerprint density at radius 2 is 1.70 bits per heavy atom. The van der Waals surface area contributed by atoms with Crippen molar-refractivity contribution in [1.29, 1.82) is 0 Å². The van der Waals surface area contributed by atoms with Crippen LogP contribution in [0.25, 0.3) is 0 Å². The minimum atomic E-state index is -3.62. The number of rotatable bonds is 6. The van der Waals surface area contributed by atoms with Crippen molar-refractivity contribution in [2.45, 2.75) is 113 Å². The normalized spacial score (nSPS) is 44.2. The average molecular weight is 631 g/mol. The van der Waals surface area contributed by atoms with Gasteiger partial charge in [-0.3, -0.25) is 14.4 Å². The van der Waals surface area contributed by atoms with Gasteiger partial charge in [0.25, 0.3) is 0 Å². The molecule has 0 amide bonds. The fourth-order valence-electron chi connectivity index (χ4n) is 11.2. The molecule has 0 aliphatic heterocycles. The van der Waals surface area contributed by atoms with E-state index in [4.69, 9.17) is 4.74 Å². The van der Waals surface area contributed by atoms with Crippen LogP contribution in [-0.2, 0) is 29.0 Å². The highest BCUT2D eigenvalue weighted by molar-refractivity contribution is 7.94. The molecule has 4 fully saturated rings. The van der Waals surface area contributed by atoms with E-state index in [9.17, 15) is 27.9 Å². The van der Waals surface area contributed by atoms with Crippen molar-refractivity contribution >= 4 is 27.4 Å². The Morgan fingerprint density at radius 1 is 1.05 bits per heavy atom. The minimum absolute atomic E-state index is 0.00485. The number of fused-ring (bicyclic) bond motifs is 7. The van der Waals surface area contributed by atoms with Gasteiger partial charge in [0.15, 0.2) is 21.4 Å². The molecule has 0 heterocycles. The lowest BCUT2D eigenvalue weighted by Gasteiger charge is -2.69. The number of carbonyl (C=O) groups is 3. The number of sulfone groups is 1. The second kappa shape index (κ2) is 10.6. The zero-order chi connectivity index (χ0) is 32.7. The highest BCUT2D eigenvalue weighted by Gasteiger charge is 2.71. The zero-order valence-corrected chi connectivity index (χ0v) is 29.0. The summed E-state index contributed by atoms with van der Waals surface area (Å²) in [4.78, 5) is 42.1. The highest BCUT2D eigenvalue weighted by atomic mass is 32.2. The Bertz CT molecular complexity index is 1420. The number of methoxy groups -OCH3 is 1. The van der Waals surface area contributed by atoms with Gasteiger partial charge in [0.2, 0.25) is 0 Å². The molecular formula is C36H54O7S. The Hall–Kier alpha value is -1.80. The van der Waals surface area contributed by atoms with Crippen molar-refractivity contribution in [1.82, 2.24) is 0 Å². The molecule has 7 nitrogen and oxygen atoms in total. The predicted octanol–water partition coefficient (Wildman–Crippen LogP) is 6.39. The molecule has 246 valence electrons. The minimum Gasteiger partial charge on any atom is -0.469 e. The molecule has 44 heavy (non-hydrogen) atoms. The van der Waals surface area contributed by atoms with Crippen LogP contribution in [0, 0.1) is 50.2 Å². The molecule has 5 aliphatic rings. The van der Waals surface area contributed by atoms with Crippen molar-refractivity contribution in [3.63, 3.8) is 0 Å². The quantitative estimate of drug-likeness (QED) is 0.267. The molecule has 0 aromatic carbocycles. The lowest BCUT2D eigenvalue weighted by Crippen LogP contribution is -2.66. The molecule has 0 spiro atoms. The van der Waals surface area contributed by atoms with Crippen LogP contribution >= 0.6 is 0 Å². The van der Waals surface area contributed by atoms with Crippen LogP contribution in [-0.4, -0.2) is 50.5 Å². The van der Waals surface area contributed by atoms with E-state index in [0.717, 1.165) is 37.7 Å². The highest BCUT2D eigenvalue weighted by Crippen LogP contribution is 2.75. The van der Waals surface area contributed by atoms with Crippen LogP contribution in [0.4, 0.5) is 0 Å². The monoisotopic (exact) mass is 630 g/mol. The summed E-state index contributed by atoms with van der Waals surface area (Å²) in [5, 5.41) is 11.9. The molecule has 0 saturated heterocycles. The summed E-state index contributed by atoms with van der Waals surface area (Å²) in [7, 11) is -2.16. The fraction of sp³-hybridized carbons (Fsp3) is 0.806. The topological polar surface area (TPSA) is 115 Å². The van der Waals surface area contributed by atoms with Crippen LogP contribution in [0.3, 0.4) is 0 Å². The van der Waals surface area contributed by atoms with Gasteiger partial charge in [-0.05, 0) is 104 Å². The van der Waals surface area contributed by atoms with Crippen molar-refractivity contribution in [2.24, 2.45) is 50.2 Å². The van der Waals surface area contributed by atoms with E-state index in [1.54, 1.807) is 6.92 Å². The Balaban J connectivity index is 1.66. The summed E-state index contributed by atoms with van der Waals surface area (Å²) >= 11 is 0. The maximum atomic E-state index is 14.6. The predicted molar refractivity (Wildman–Crippen MR) is 170 cm³/mol. The van der Waals surface area contributed by atoms with E-state index in [-0.39, 0.29) is 65.1 Å². The van der Waals surface area contributed by atoms with Gasteiger partial charge >= 0.3 is 5.97 Å². The molecule has 1 N–H and O–H groups in total. The summed E-state index contributed by atoms with van der Waals surface area (Å²) < 4.78 is 31.6. The van der Waals surface area contributed by atoms with Gasteiger partial charge in [-0.2, -0.15) is 0 Å². The largest absolute Gasteiger partial charge is 0.469 e. The van der Waals surface area contributed by atoms with Gasteiger partial charge in [-0.1, -0.05) is 53.5 Å². The number of Topliss-reactive ketones (excluding diaryl/α,β-unsaturated/α-hetero) is 1. The lowest BCUT2D eigenvalue weighted by atomic mass is 9.33. The number of unbranched alkanes of at least 4 members (excludes halogenated alkanes) is 1. The number of ether oxygens (including phenoxy) is 1. The van der Waals surface area contributed by atoms with Gasteiger partial charge in [0.05, 0.1) is 30.3 Å². The van der Waals surface area contributed by atoms with Crippen LogP contribution in [0.2, 0.25) is 0 Å². The Morgan fingerprint density at radius 3 is 2.32 bits per heavy atom. The van der Waals surface area contributed by atoms with E-state index >= 15 is 0 Å². The van der Waals surface area contributed by atoms with Crippen LogP contribution in [0.1, 0.15) is 113 Å². The third kappa shape index (κ3) is 4.57. The molecule has 0 unspecified atom stereocenters. The molecule has 5 aliphatic carbocycles.